The Kier molecular flexibility index (Phi) is 5.28. The van der Waals surface area contributed by atoms with Gasteiger partial charge in [0.1, 0.15) is 5.82 Å². The van der Waals surface area contributed by atoms with Crippen molar-refractivity contribution in [3.8, 4) is 0 Å². The fourth-order valence-electron chi connectivity index (χ4n) is 3.04. The van der Waals surface area contributed by atoms with Gasteiger partial charge < -0.3 is 15.7 Å². The van der Waals surface area contributed by atoms with Crippen LogP contribution in [0.15, 0.2) is 72.8 Å². The lowest BCUT2D eigenvalue weighted by molar-refractivity contribution is -0.137. The largest absolute Gasteiger partial charge is 0.416 e. The number of nitrogens with zero attached hydrogens (tertiary/aromatic N) is 3. The highest BCUT2D eigenvalue weighted by atomic mass is 19.4. The number of alkyl halides is 3. The summed E-state index contributed by atoms with van der Waals surface area (Å²) in [5.41, 5.74) is 1.17. The van der Waals surface area contributed by atoms with E-state index in [1.54, 1.807) is 22.7 Å². The van der Waals surface area contributed by atoms with E-state index in [0.29, 0.717) is 17.2 Å². The van der Waals surface area contributed by atoms with Crippen molar-refractivity contribution in [2.45, 2.75) is 12.2 Å². The molecular weight excluding hydrogens is 395 g/mol. The maximum absolute atomic E-state index is 12.7. The molecule has 0 radical (unpaired) electrons. The Morgan fingerprint density at radius 3 is 2.37 bits per heavy atom. The lowest BCUT2D eigenvalue weighted by Crippen LogP contribution is -2.16. The summed E-state index contributed by atoms with van der Waals surface area (Å²) in [7, 11) is 0. The predicted octanol–water partition coefficient (Wildman–Crippen LogP) is 5.13. The van der Waals surface area contributed by atoms with Gasteiger partial charge in [0.05, 0.1) is 18.2 Å². The molecule has 0 aliphatic heterocycles. The molecule has 0 unspecified atom stereocenters. The minimum atomic E-state index is -4.39. The standard InChI is InChI=1S/C21H18F3N5O.2H2/c22-21(23,24)15-9-11-16(12-10-15)25-20-27-19-8-4-7-18(29(19)28-20)26-17(13-30)14-5-2-1-3-6-14;;/h1-12,17,26,30H,13H2,(H,25,28);2*1H/t17-;;/m0../s1. The summed E-state index contributed by atoms with van der Waals surface area (Å²) in [6.45, 7) is -0.119. The number of pyridine rings is 1. The number of hydrogen-bond donors (Lipinski definition) is 3. The molecule has 0 aliphatic rings. The summed E-state index contributed by atoms with van der Waals surface area (Å²) >= 11 is 0. The van der Waals surface area contributed by atoms with Gasteiger partial charge in [0.15, 0.2) is 5.65 Å². The van der Waals surface area contributed by atoms with Crippen molar-refractivity contribution in [3.05, 3.63) is 83.9 Å². The van der Waals surface area contributed by atoms with E-state index in [2.05, 4.69) is 20.7 Å². The number of nitrogens with one attached hydrogen (secondary N) is 2. The van der Waals surface area contributed by atoms with Crippen LogP contribution in [0, 0.1) is 0 Å². The van der Waals surface area contributed by atoms with Crippen LogP contribution in [0.4, 0.5) is 30.6 Å². The van der Waals surface area contributed by atoms with Crippen molar-refractivity contribution in [3.63, 3.8) is 0 Å². The average Bonchev–Trinajstić information content (AvgIpc) is 3.15. The van der Waals surface area contributed by atoms with Crippen LogP contribution < -0.4 is 10.6 Å². The molecule has 3 N–H and O–H groups in total. The molecule has 2 heterocycles. The van der Waals surface area contributed by atoms with E-state index in [0.717, 1.165) is 17.7 Å². The molecule has 0 aliphatic carbocycles. The number of fused-ring (bicyclic) bond motifs is 1. The van der Waals surface area contributed by atoms with Gasteiger partial charge in [0.2, 0.25) is 5.95 Å². The molecular formula is C21H22F3N5O. The first-order chi connectivity index (χ1) is 14.4. The van der Waals surface area contributed by atoms with Gasteiger partial charge in [-0.1, -0.05) is 36.4 Å². The highest BCUT2D eigenvalue weighted by molar-refractivity contribution is 5.58. The first-order valence-electron chi connectivity index (χ1n) is 9.16. The van der Waals surface area contributed by atoms with E-state index < -0.39 is 11.7 Å². The Morgan fingerprint density at radius 1 is 0.967 bits per heavy atom. The molecule has 4 aromatic rings. The van der Waals surface area contributed by atoms with Gasteiger partial charge in [0, 0.05) is 8.54 Å². The second-order valence-corrected chi connectivity index (χ2v) is 6.61. The van der Waals surface area contributed by atoms with Gasteiger partial charge in [-0.15, -0.1) is 5.10 Å². The molecule has 6 nitrogen and oxygen atoms in total. The van der Waals surface area contributed by atoms with E-state index in [-0.39, 0.29) is 21.5 Å². The third-order valence-electron chi connectivity index (χ3n) is 4.53. The SMILES string of the molecule is OC[C@H](Nc1cccc2nc(Nc3ccc(C(F)(F)F)cc3)nn12)c1ccccc1.[HH].[HH]. The molecule has 9 heteroatoms. The van der Waals surface area contributed by atoms with Crippen LogP contribution in [0.3, 0.4) is 0 Å². The van der Waals surface area contributed by atoms with Gasteiger partial charge in [-0.05, 0) is 42.0 Å². The monoisotopic (exact) mass is 417 g/mol. The smallest absolute Gasteiger partial charge is 0.394 e. The summed E-state index contributed by atoms with van der Waals surface area (Å²) in [6, 6.07) is 19.2. The van der Waals surface area contributed by atoms with Gasteiger partial charge in [-0.25, -0.2) is 0 Å². The molecule has 2 aromatic carbocycles. The average molecular weight is 417 g/mol. The summed E-state index contributed by atoms with van der Waals surface area (Å²) in [4.78, 5) is 4.36. The molecule has 0 fully saturated rings. The van der Waals surface area contributed by atoms with E-state index in [4.69, 9.17) is 0 Å². The Balaban J connectivity index is 0.00000181. The maximum atomic E-state index is 12.7. The summed E-state index contributed by atoms with van der Waals surface area (Å²) in [5, 5.41) is 20.3. The van der Waals surface area contributed by atoms with E-state index in [1.165, 1.54) is 12.1 Å². The lowest BCUT2D eigenvalue weighted by atomic mass is 10.1. The number of aliphatic hydroxyl groups excluding tert-OH is 1. The van der Waals surface area contributed by atoms with E-state index in [9.17, 15) is 18.3 Å². The number of rotatable bonds is 6. The van der Waals surface area contributed by atoms with E-state index >= 15 is 0 Å². The number of benzene rings is 2. The highest BCUT2D eigenvalue weighted by Crippen LogP contribution is 2.30. The van der Waals surface area contributed by atoms with Gasteiger partial charge >= 0.3 is 6.18 Å². The van der Waals surface area contributed by atoms with Crippen LogP contribution in [-0.4, -0.2) is 26.3 Å². The minimum Gasteiger partial charge on any atom is -0.394 e. The quantitative estimate of drug-likeness (QED) is 0.406. The summed E-state index contributed by atoms with van der Waals surface area (Å²) in [5.74, 6) is 0.854. The Morgan fingerprint density at radius 2 is 1.70 bits per heavy atom. The third-order valence-corrected chi connectivity index (χ3v) is 4.53. The topological polar surface area (TPSA) is 74.5 Å². The molecule has 0 bridgehead atoms. The van der Waals surface area contributed by atoms with Crippen LogP contribution in [0.2, 0.25) is 0 Å². The van der Waals surface area contributed by atoms with Crippen molar-refractivity contribution in [2.75, 3.05) is 17.2 Å². The Labute approximate surface area is 173 Å². The Hall–Kier alpha value is -3.59. The zero-order valence-electron chi connectivity index (χ0n) is 15.6. The molecule has 1 atom stereocenters. The lowest BCUT2D eigenvalue weighted by Gasteiger charge is -2.18. The van der Waals surface area contributed by atoms with Crippen molar-refractivity contribution < 1.29 is 21.1 Å². The minimum absolute atomic E-state index is 0. The normalized spacial score (nSPS) is 12.7. The van der Waals surface area contributed by atoms with Crippen molar-refractivity contribution >= 4 is 23.1 Å². The van der Waals surface area contributed by atoms with Crippen LogP contribution in [0.1, 0.15) is 20.0 Å². The summed E-state index contributed by atoms with van der Waals surface area (Å²) in [6.07, 6.45) is -4.39. The van der Waals surface area contributed by atoms with E-state index in [1.807, 2.05) is 30.3 Å². The number of anilines is 3. The fraction of sp³-hybridized carbons (Fsp3) is 0.143. The first-order valence-corrected chi connectivity index (χ1v) is 9.16. The van der Waals surface area contributed by atoms with Crippen LogP contribution in [0.25, 0.3) is 5.65 Å². The van der Waals surface area contributed by atoms with Gasteiger partial charge in [0.25, 0.3) is 0 Å². The van der Waals surface area contributed by atoms with Crippen LogP contribution >= 0.6 is 0 Å². The second kappa shape index (κ2) is 8.03. The van der Waals surface area contributed by atoms with Crippen molar-refractivity contribution in [1.29, 1.82) is 0 Å². The molecule has 0 saturated carbocycles. The maximum Gasteiger partial charge on any atom is 0.416 e. The number of halogens is 3. The molecule has 158 valence electrons. The van der Waals surface area contributed by atoms with Crippen molar-refractivity contribution in [1.82, 2.24) is 14.6 Å². The molecule has 4 rings (SSSR count). The second-order valence-electron chi connectivity index (χ2n) is 6.61. The number of hydrogen-bond acceptors (Lipinski definition) is 5. The number of aromatic nitrogens is 3. The molecule has 0 saturated heterocycles. The number of aliphatic hydroxyl groups is 1. The van der Waals surface area contributed by atoms with Crippen LogP contribution in [-0.2, 0) is 6.18 Å². The molecule has 0 amide bonds. The molecule has 2 aromatic heterocycles. The zero-order chi connectivity index (χ0) is 21.1. The Bertz CT molecular complexity index is 1140. The predicted molar refractivity (Wildman–Crippen MR) is 112 cm³/mol. The summed E-state index contributed by atoms with van der Waals surface area (Å²) < 4.78 is 39.7. The molecule has 0 spiro atoms. The molecule has 30 heavy (non-hydrogen) atoms. The first kappa shape index (κ1) is 19.7. The van der Waals surface area contributed by atoms with Crippen molar-refractivity contribution in [2.24, 2.45) is 0 Å². The zero-order valence-corrected chi connectivity index (χ0v) is 15.6. The fourth-order valence-corrected chi connectivity index (χ4v) is 3.04. The van der Waals surface area contributed by atoms with Gasteiger partial charge in [-0.2, -0.15) is 22.7 Å². The van der Waals surface area contributed by atoms with Gasteiger partial charge in [-0.3, -0.25) is 0 Å². The van der Waals surface area contributed by atoms with Crippen LogP contribution in [0.5, 0.6) is 0 Å². The highest BCUT2D eigenvalue weighted by Gasteiger charge is 2.30. The third kappa shape index (κ3) is 4.20.